The zero-order valence-corrected chi connectivity index (χ0v) is 14.3. The molecule has 3 rings (SSSR count). The molecule has 23 heavy (non-hydrogen) atoms. The minimum absolute atomic E-state index is 0.345. The molecule has 5 nitrogen and oxygen atoms in total. The lowest BCUT2D eigenvalue weighted by molar-refractivity contribution is 0.392. The Morgan fingerprint density at radius 3 is 2.61 bits per heavy atom. The third-order valence-corrected chi connectivity index (χ3v) is 4.66. The van der Waals surface area contributed by atoms with Gasteiger partial charge in [-0.2, -0.15) is 0 Å². The summed E-state index contributed by atoms with van der Waals surface area (Å²) in [5, 5.41) is 12.8. The molecule has 0 amide bonds. The van der Waals surface area contributed by atoms with Crippen LogP contribution in [0.1, 0.15) is 41.3 Å². The minimum atomic E-state index is 0.345. The quantitative estimate of drug-likeness (QED) is 0.628. The summed E-state index contributed by atoms with van der Waals surface area (Å²) in [6.07, 6.45) is 0.739. The van der Waals surface area contributed by atoms with Gasteiger partial charge in [0.1, 0.15) is 5.76 Å². The lowest BCUT2D eigenvalue weighted by Gasteiger charge is -2.08. The van der Waals surface area contributed by atoms with E-state index in [2.05, 4.69) is 34.4 Å². The molecule has 2 aromatic heterocycles. The molecule has 0 spiro atoms. The van der Waals surface area contributed by atoms with Crippen LogP contribution in [0, 0.1) is 13.8 Å². The predicted octanol–water partition coefficient (Wildman–Crippen LogP) is 4.31. The number of aryl methyl sites for hydroxylation is 2. The molecule has 0 aliphatic rings. The molecule has 0 bridgehead atoms. The Kier molecular flexibility index (Phi) is 4.81. The Hall–Kier alpha value is -2.08. The molecule has 120 valence electrons. The highest BCUT2D eigenvalue weighted by Crippen LogP contribution is 2.26. The van der Waals surface area contributed by atoms with Crippen molar-refractivity contribution in [2.45, 2.75) is 44.1 Å². The number of nitrogens with zero attached hydrogens (tertiary/aromatic N) is 3. The second-order valence-corrected chi connectivity index (χ2v) is 6.50. The van der Waals surface area contributed by atoms with E-state index in [4.69, 9.17) is 8.94 Å². The zero-order valence-electron chi connectivity index (χ0n) is 13.4. The number of benzene rings is 1. The Bertz CT molecular complexity index is 748. The monoisotopic (exact) mass is 329 g/mol. The van der Waals surface area contributed by atoms with E-state index in [-0.39, 0.29) is 0 Å². The molecular formula is C17H19N3O2S. The highest BCUT2D eigenvalue weighted by Gasteiger charge is 2.14. The van der Waals surface area contributed by atoms with Crippen molar-refractivity contribution >= 4 is 11.8 Å². The highest BCUT2D eigenvalue weighted by molar-refractivity contribution is 7.98. The third-order valence-electron chi connectivity index (χ3n) is 3.82. The van der Waals surface area contributed by atoms with Crippen LogP contribution in [0.3, 0.4) is 0 Å². The van der Waals surface area contributed by atoms with Crippen LogP contribution in [-0.4, -0.2) is 15.4 Å². The van der Waals surface area contributed by atoms with Crippen LogP contribution in [0.2, 0.25) is 0 Å². The Labute approximate surface area is 139 Å². The molecule has 0 radical (unpaired) electrons. The third kappa shape index (κ3) is 3.82. The van der Waals surface area contributed by atoms with Gasteiger partial charge in [0.2, 0.25) is 5.89 Å². The van der Waals surface area contributed by atoms with E-state index in [1.807, 2.05) is 32.0 Å². The maximum atomic E-state index is 5.74. The van der Waals surface area contributed by atoms with Crippen LogP contribution < -0.4 is 0 Å². The molecule has 0 saturated heterocycles. The summed E-state index contributed by atoms with van der Waals surface area (Å²) in [5.41, 5.74) is 3.27. The molecule has 0 aliphatic carbocycles. The van der Waals surface area contributed by atoms with Crippen molar-refractivity contribution in [3.63, 3.8) is 0 Å². The Morgan fingerprint density at radius 2 is 1.91 bits per heavy atom. The predicted molar refractivity (Wildman–Crippen MR) is 88.4 cm³/mol. The summed E-state index contributed by atoms with van der Waals surface area (Å²) in [6.45, 7) is 6.01. The minimum Gasteiger partial charge on any atom is -0.416 e. The van der Waals surface area contributed by atoms with Gasteiger partial charge in [0.25, 0.3) is 5.22 Å². The highest BCUT2D eigenvalue weighted by atomic mass is 32.2. The van der Waals surface area contributed by atoms with Gasteiger partial charge in [-0.3, -0.25) is 0 Å². The fraction of sp³-hybridized carbons (Fsp3) is 0.353. The molecule has 1 unspecified atom stereocenters. The molecule has 1 aromatic carbocycles. The summed E-state index contributed by atoms with van der Waals surface area (Å²) in [6, 6.07) is 10.4. The molecule has 0 saturated carbocycles. The van der Waals surface area contributed by atoms with E-state index in [9.17, 15) is 0 Å². The maximum Gasteiger partial charge on any atom is 0.276 e. The molecule has 2 heterocycles. The van der Waals surface area contributed by atoms with Crippen molar-refractivity contribution in [3.8, 4) is 0 Å². The van der Waals surface area contributed by atoms with E-state index in [1.165, 1.54) is 17.3 Å². The van der Waals surface area contributed by atoms with E-state index in [1.54, 1.807) is 0 Å². The van der Waals surface area contributed by atoms with Gasteiger partial charge in [-0.1, -0.05) is 54.2 Å². The lowest BCUT2D eigenvalue weighted by Crippen LogP contribution is -1.98. The van der Waals surface area contributed by atoms with Crippen LogP contribution >= 0.6 is 11.8 Å². The van der Waals surface area contributed by atoms with Gasteiger partial charge in [0.05, 0.1) is 5.69 Å². The first-order valence-electron chi connectivity index (χ1n) is 7.55. The van der Waals surface area contributed by atoms with Gasteiger partial charge in [-0.25, -0.2) is 0 Å². The molecule has 0 aliphatic heterocycles. The second-order valence-electron chi connectivity index (χ2n) is 5.57. The summed E-state index contributed by atoms with van der Waals surface area (Å²) < 4.78 is 10.9. The normalized spacial score (nSPS) is 12.5. The zero-order chi connectivity index (χ0) is 16.2. The van der Waals surface area contributed by atoms with Crippen molar-refractivity contribution < 1.29 is 8.94 Å². The summed E-state index contributed by atoms with van der Waals surface area (Å²) in [5.74, 6) is 2.57. The van der Waals surface area contributed by atoms with Gasteiger partial charge < -0.3 is 8.94 Å². The fourth-order valence-electron chi connectivity index (χ4n) is 2.38. The van der Waals surface area contributed by atoms with E-state index >= 15 is 0 Å². The van der Waals surface area contributed by atoms with E-state index in [0.29, 0.717) is 17.0 Å². The second kappa shape index (κ2) is 7.00. The lowest BCUT2D eigenvalue weighted by atomic mass is 9.98. The SMILES string of the molecule is Cc1noc(C)c1CSc1nnc(CC(C)c2ccccc2)o1. The van der Waals surface area contributed by atoms with Gasteiger partial charge in [-0.05, 0) is 25.3 Å². The first-order chi connectivity index (χ1) is 11.1. The molecule has 6 heteroatoms. The molecule has 0 fully saturated rings. The Morgan fingerprint density at radius 1 is 1.13 bits per heavy atom. The first-order valence-corrected chi connectivity index (χ1v) is 8.54. The van der Waals surface area contributed by atoms with Crippen LogP contribution in [0.15, 0.2) is 44.5 Å². The van der Waals surface area contributed by atoms with Crippen LogP contribution in [0.25, 0.3) is 0 Å². The van der Waals surface area contributed by atoms with Crippen molar-refractivity contribution in [1.82, 2.24) is 15.4 Å². The molecule has 3 aromatic rings. The van der Waals surface area contributed by atoms with Crippen molar-refractivity contribution in [2.24, 2.45) is 0 Å². The number of thioether (sulfide) groups is 1. The maximum absolute atomic E-state index is 5.74. The van der Waals surface area contributed by atoms with E-state index in [0.717, 1.165) is 29.2 Å². The van der Waals surface area contributed by atoms with E-state index < -0.39 is 0 Å². The van der Waals surface area contributed by atoms with Crippen molar-refractivity contribution in [3.05, 3.63) is 58.8 Å². The molecule has 1 atom stereocenters. The molecular weight excluding hydrogens is 310 g/mol. The first kappa shape index (κ1) is 15.8. The fourth-order valence-corrected chi connectivity index (χ4v) is 3.32. The van der Waals surface area contributed by atoms with Crippen molar-refractivity contribution in [2.75, 3.05) is 0 Å². The number of aromatic nitrogens is 3. The van der Waals surface area contributed by atoms with Crippen LogP contribution in [0.4, 0.5) is 0 Å². The van der Waals surface area contributed by atoms with Crippen molar-refractivity contribution in [1.29, 1.82) is 0 Å². The van der Waals surface area contributed by atoms with Crippen LogP contribution in [-0.2, 0) is 12.2 Å². The average Bonchev–Trinajstić information content (AvgIpc) is 3.13. The summed E-state index contributed by atoms with van der Waals surface area (Å²) >= 11 is 1.51. The average molecular weight is 329 g/mol. The summed E-state index contributed by atoms with van der Waals surface area (Å²) in [7, 11) is 0. The largest absolute Gasteiger partial charge is 0.416 e. The smallest absolute Gasteiger partial charge is 0.276 e. The summed E-state index contributed by atoms with van der Waals surface area (Å²) in [4.78, 5) is 0. The molecule has 0 N–H and O–H groups in total. The number of hydrogen-bond acceptors (Lipinski definition) is 6. The Balaban J connectivity index is 1.60. The van der Waals surface area contributed by atoms with Gasteiger partial charge >= 0.3 is 0 Å². The standard InChI is InChI=1S/C17H19N3O2S/c1-11(14-7-5-4-6-8-14)9-16-18-19-17(21-16)23-10-15-12(2)20-22-13(15)3/h4-8,11H,9-10H2,1-3H3. The van der Waals surface area contributed by atoms with Gasteiger partial charge in [0, 0.05) is 17.7 Å². The topological polar surface area (TPSA) is 65.0 Å². The van der Waals surface area contributed by atoms with Gasteiger partial charge in [-0.15, -0.1) is 10.2 Å². The number of rotatable bonds is 6. The number of hydrogen-bond donors (Lipinski definition) is 0. The van der Waals surface area contributed by atoms with Crippen LogP contribution in [0.5, 0.6) is 0 Å². The van der Waals surface area contributed by atoms with Gasteiger partial charge in [0.15, 0.2) is 0 Å².